The lowest BCUT2D eigenvalue weighted by atomic mass is 9.77. The number of carbonyl (C=O) groups is 2. The van der Waals surface area contributed by atoms with Crippen molar-refractivity contribution in [3.8, 4) is 0 Å². The molecule has 0 heterocycles. The van der Waals surface area contributed by atoms with Gasteiger partial charge >= 0.3 is 11.9 Å². The quantitative estimate of drug-likeness (QED) is 0.532. The monoisotopic (exact) mass is 244 g/mol. The van der Waals surface area contributed by atoms with E-state index in [0.29, 0.717) is 6.42 Å². The second-order valence-corrected chi connectivity index (χ2v) is 4.93. The zero-order chi connectivity index (χ0) is 13.7. The smallest absolute Gasteiger partial charge is 0.305 e. The highest BCUT2D eigenvalue weighted by atomic mass is 16.7. The van der Waals surface area contributed by atoms with Crippen molar-refractivity contribution in [3.63, 3.8) is 0 Å². The largest absolute Gasteiger partial charge is 0.422 e. The van der Waals surface area contributed by atoms with Gasteiger partial charge in [0, 0.05) is 25.7 Å². The van der Waals surface area contributed by atoms with Gasteiger partial charge in [0.2, 0.25) is 0 Å². The summed E-state index contributed by atoms with van der Waals surface area (Å²) in [4.78, 5) is 22.5. The fraction of sp³-hybridized carbons (Fsp3) is 0.846. The van der Waals surface area contributed by atoms with Crippen molar-refractivity contribution in [2.45, 2.75) is 66.6 Å². The molecule has 0 spiro atoms. The second kappa shape index (κ2) is 6.03. The summed E-state index contributed by atoms with van der Waals surface area (Å²) in [5, 5.41) is 0. The lowest BCUT2D eigenvalue weighted by Gasteiger charge is -2.43. The number of hydrogen-bond donors (Lipinski definition) is 0. The molecule has 0 radical (unpaired) electrons. The molecule has 0 aromatic carbocycles. The Bertz CT molecular complexity index is 265. The molecule has 0 N–H and O–H groups in total. The molecule has 0 aliphatic rings. The van der Waals surface area contributed by atoms with E-state index in [0.717, 1.165) is 12.8 Å². The van der Waals surface area contributed by atoms with Gasteiger partial charge in [0.15, 0.2) is 0 Å². The van der Waals surface area contributed by atoms with E-state index in [1.807, 2.05) is 27.7 Å². The number of carbonyl (C=O) groups excluding carboxylic acids is 2. The number of ether oxygens (including phenoxy) is 2. The molecule has 0 amide bonds. The minimum Gasteiger partial charge on any atom is -0.422 e. The molecule has 0 aliphatic heterocycles. The number of rotatable bonds is 6. The standard InChI is InChI=1S/C13H24O4/c1-7-9-12(5,6)13(8-2,16-10(3)14)17-11(4)15/h7-9H2,1-6H3. The number of esters is 2. The molecule has 0 rings (SSSR count). The second-order valence-electron chi connectivity index (χ2n) is 4.93. The lowest BCUT2D eigenvalue weighted by molar-refractivity contribution is -0.268. The van der Waals surface area contributed by atoms with Gasteiger partial charge in [-0.25, -0.2) is 0 Å². The van der Waals surface area contributed by atoms with Gasteiger partial charge in [0.05, 0.1) is 0 Å². The summed E-state index contributed by atoms with van der Waals surface area (Å²) >= 11 is 0. The third-order valence-electron chi connectivity index (χ3n) is 2.99. The van der Waals surface area contributed by atoms with Crippen LogP contribution in [-0.2, 0) is 19.1 Å². The van der Waals surface area contributed by atoms with E-state index in [-0.39, 0.29) is 0 Å². The van der Waals surface area contributed by atoms with E-state index in [1.54, 1.807) is 0 Å². The SMILES string of the molecule is CCCC(C)(C)C(CC)(OC(C)=O)OC(C)=O. The van der Waals surface area contributed by atoms with Crippen LogP contribution in [0, 0.1) is 5.41 Å². The predicted octanol–water partition coefficient (Wildman–Crippen LogP) is 3.05. The van der Waals surface area contributed by atoms with Crippen LogP contribution in [0.1, 0.15) is 60.8 Å². The zero-order valence-electron chi connectivity index (χ0n) is 11.8. The van der Waals surface area contributed by atoms with Crippen molar-refractivity contribution in [3.05, 3.63) is 0 Å². The summed E-state index contributed by atoms with van der Waals surface area (Å²) in [5.74, 6) is -2.03. The molecule has 0 saturated heterocycles. The van der Waals surface area contributed by atoms with E-state index in [9.17, 15) is 9.59 Å². The molecule has 0 bridgehead atoms. The number of hydrogen-bond acceptors (Lipinski definition) is 4. The fourth-order valence-electron chi connectivity index (χ4n) is 2.20. The molecule has 0 aromatic rings. The van der Waals surface area contributed by atoms with E-state index >= 15 is 0 Å². The zero-order valence-corrected chi connectivity index (χ0v) is 11.8. The van der Waals surface area contributed by atoms with Gasteiger partial charge in [-0.2, -0.15) is 0 Å². The van der Waals surface area contributed by atoms with Crippen molar-refractivity contribution in [2.24, 2.45) is 5.41 Å². The Morgan fingerprint density at radius 3 is 1.65 bits per heavy atom. The fourth-order valence-corrected chi connectivity index (χ4v) is 2.20. The van der Waals surface area contributed by atoms with Crippen LogP contribution in [0.15, 0.2) is 0 Å². The van der Waals surface area contributed by atoms with Crippen LogP contribution >= 0.6 is 0 Å². The Kier molecular flexibility index (Phi) is 5.66. The Balaban J connectivity index is 5.29. The van der Waals surface area contributed by atoms with Crippen LogP contribution in [0.25, 0.3) is 0 Å². The Morgan fingerprint density at radius 1 is 1.00 bits per heavy atom. The highest BCUT2D eigenvalue weighted by Gasteiger charge is 2.49. The molecule has 0 fully saturated rings. The average Bonchev–Trinajstić information content (AvgIpc) is 2.14. The molecule has 17 heavy (non-hydrogen) atoms. The van der Waals surface area contributed by atoms with Crippen molar-refractivity contribution >= 4 is 11.9 Å². The predicted molar refractivity (Wildman–Crippen MR) is 65.2 cm³/mol. The molecule has 0 atom stereocenters. The molecule has 0 aromatic heterocycles. The first-order valence-electron chi connectivity index (χ1n) is 6.10. The first kappa shape index (κ1) is 15.9. The van der Waals surface area contributed by atoms with Crippen molar-refractivity contribution in [2.75, 3.05) is 0 Å². The molecule has 0 aliphatic carbocycles. The molecule has 100 valence electrons. The van der Waals surface area contributed by atoms with Gasteiger partial charge in [-0.1, -0.05) is 34.1 Å². The summed E-state index contributed by atoms with van der Waals surface area (Å²) < 4.78 is 10.7. The van der Waals surface area contributed by atoms with Gasteiger partial charge in [-0.05, 0) is 6.42 Å². The van der Waals surface area contributed by atoms with Crippen LogP contribution in [0.4, 0.5) is 0 Å². The van der Waals surface area contributed by atoms with Crippen LogP contribution in [-0.4, -0.2) is 17.7 Å². The van der Waals surface area contributed by atoms with Crippen LogP contribution in [0.3, 0.4) is 0 Å². The maximum Gasteiger partial charge on any atom is 0.305 e. The van der Waals surface area contributed by atoms with Crippen LogP contribution < -0.4 is 0 Å². The average molecular weight is 244 g/mol. The van der Waals surface area contributed by atoms with Crippen molar-refractivity contribution in [1.82, 2.24) is 0 Å². The summed E-state index contributed by atoms with van der Waals surface area (Å²) in [5.41, 5.74) is -0.409. The first-order chi connectivity index (χ1) is 7.70. The Labute approximate surface area is 104 Å². The van der Waals surface area contributed by atoms with Gasteiger partial charge < -0.3 is 9.47 Å². The minimum atomic E-state index is -1.17. The highest BCUT2D eigenvalue weighted by molar-refractivity contribution is 5.69. The van der Waals surface area contributed by atoms with Gasteiger partial charge in [0.1, 0.15) is 0 Å². The van der Waals surface area contributed by atoms with E-state index in [1.165, 1.54) is 13.8 Å². The van der Waals surface area contributed by atoms with E-state index in [4.69, 9.17) is 9.47 Å². The molecule has 0 unspecified atom stereocenters. The minimum absolute atomic E-state index is 0.409. The topological polar surface area (TPSA) is 52.6 Å². The third-order valence-corrected chi connectivity index (χ3v) is 2.99. The van der Waals surface area contributed by atoms with Gasteiger partial charge in [-0.15, -0.1) is 0 Å². The third kappa shape index (κ3) is 4.02. The molecule has 4 nitrogen and oxygen atoms in total. The Hall–Kier alpha value is -1.06. The maximum absolute atomic E-state index is 11.2. The molecular weight excluding hydrogens is 220 g/mol. The normalized spacial score (nSPS) is 12.1. The lowest BCUT2D eigenvalue weighted by Crippen LogP contribution is -2.51. The van der Waals surface area contributed by atoms with Gasteiger partial charge in [0.25, 0.3) is 5.79 Å². The van der Waals surface area contributed by atoms with Crippen LogP contribution in [0.5, 0.6) is 0 Å². The van der Waals surface area contributed by atoms with Crippen LogP contribution in [0.2, 0.25) is 0 Å². The molecule has 4 heteroatoms. The maximum atomic E-state index is 11.2. The van der Waals surface area contributed by atoms with E-state index < -0.39 is 23.1 Å². The van der Waals surface area contributed by atoms with E-state index in [2.05, 4.69) is 0 Å². The molecule has 0 saturated carbocycles. The molecular formula is C13H24O4. The Morgan fingerprint density at radius 2 is 1.41 bits per heavy atom. The first-order valence-corrected chi connectivity index (χ1v) is 6.10. The summed E-state index contributed by atoms with van der Waals surface area (Å²) in [6, 6.07) is 0. The summed E-state index contributed by atoms with van der Waals surface area (Å²) in [6.45, 7) is 10.5. The highest BCUT2D eigenvalue weighted by Crippen LogP contribution is 2.42. The summed E-state index contributed by atoms with van der Waals surface area (Å²) in [6.07, 6.45) is 2.18. The van der Waals surface area contributed by atoms with Crippen molar-refractivity contribution in [1.29, 1.82) is 0 Å². The van der Waals surface area contributed by atoms with Gasteiger partial charge in [-0.3, -0.25) is 9.59 Å². The van der Waals surface area contributed by atoms with Crippen molar-refractivity contribution < 1.29 is 19.1 Å². The summed E-state index contributed by atoms with van der Waals surface area (Å²) in [7, 11) is 0.